The van der Waals surface area contributed by atoms with Crippen LogP contribution in [0.2, 0.25) is 0 Å². The molecule has 0 saturated carbocycles. The Bertz CT molecular complexity index is 1310. The third kappa shape index (κ3) is 5.60. The number of hydrogen-bond acceptors (Lipinski definition) is 6. The lowest BCUT2D eigenvalue weighted by molar-refractivity contribution is -0.253. The number of rotatable bonds is 6. The second-order valence-corrected chi connectivity index (χ2v) is 11.0. The fourth-order valence-corrected chi connectivity index (χ4v) is 6.05. The van der Waals surface area contributed by atoms with E-state index >= 15 is 0 Å². The van der Waals surface area contributed by atoms with Crippen molar-refractivity contribution in [2.45, 2.75) is 63.6 Å². The van der Waals surface area contributed by atoms with E-state index in [1.807, 2.05) is 42.5 Å². The number of nitrogens with zero attached hydrogens (tertiary/aromatic N) is 2. The molecule has 3 aromatic carbocycles. The standard InChI is InChI=1S/C33H36N2O5/c36-22-23-13-15-24(16-14-23)30-20-27(21-34-17-6-2-1-3-7-18-34)39-33(40-30)25-9-8-10-26(19-25)35-31(37)28-11-4-5-12-29(28)32(35)38/h4-5,8-16,19,27,30,33,36H,1-3,6-7,17-18,20-22H2. The van der Waals surface area contributed by atoms with Crippen molar-refractivity contribution in [3.63, 3.8) is 0 Å². The molecule has 0 aliphatic carbocycles. The van der Waals surface area contributed by atoms with Crippen LogP contribution in [0.3, 0.4) is 0 Å². The number of aliphatic hydroxyl groups excluding tert-OH is 1. The van der Waals surface area contributed by atoms with E-state index in [1.54, 1.807) is 30.3 Å². The summed E-state index contributed by atoms with van der Waals surface area (Å²) in [5.41, 5.74) is 4.01. The second-order valence-electron chi connectivity index (χ2n) is 11.0. The summed E-state index contributed by atoms with van der Waals surface area (Å²) in [6.07, 6.45) is 6.14. The summed E-state index contributed by atoms with van der Waals surface area (Å²) >= 11 is 0. The van der Waals surface area contributed by atoms with Gasteiger partial charge in [-0.15, -0.1) is 0 Å². The van der Waals surface area contributed by atoms with Crippen molar-refractivity contribution in [2.24, 2.45) is 0 Å². The molecule has 0 bridgehead atoms. The molecule has 2 amide bonds. The number of carbonyl (C=O) groups excluding carboxylic acids is 2. The minimum atomic E-state index is -0.647. The average Bonchev–Trinajstić information content (AvgIpc) is 3.24. The van der Waals surface area contributed by atoms with E-state index in [0.717, 1.165) is 42.7 Å². The zero-order valence-electron chi connectivity index (χ0n) is 22.7. The zero-order valence-corrected chi connectivity index (χ0v) is 22.7. The van der Waals surface area contributed by atoms with Crippen molar-refractivity contribution in [3.8, 4) is 0 Å². The molecule has 0 radical (unpaired) electrons. The lowest BCUT2D eigenvalue weighted by Gasteiger charge is -2.39. The summed E-state index contributed by atoms with van der Waals surface area (Å²) in [5.74, 6) is -0.639. The Hall–Kier alpha value is -3.36. The molecule has 7 heteroatoms. The highest BCUT2D eigenvalue weighted by molar-refractivity contribution is 6.34. The maximum Gasteiger partial charge on any atom is 0.266 e. The number of ether oxygens (including phenoxy) is 2. The first-order valence-corrected chi connectivity index (χ1v) is 14.4. The summed E-state index contributed by atoms with van der Waals surface area (Å²) < 4.78 is 13.1. The van der Waals surface area contributed by atoms with E-state index in [1.165, 1.54) is 37.0 Å². The van der Waals surface area contributed by atoms with Gasteiger partial charge in [-0.25, -0.2) is 4.90 Å². The van der Waals surface area contributed by atoms with Crippen molar-refractivity contribution < 1.29 is 24.2 Å². The van der Waals surface area contributed by atoms with Crippen LogP contribution >= 0.6 is 0 Å². The fraction of sp³-hybridized carbons (Fsp3) is 0.394. The molecule has 2 saturated heterocycles. The molecule has 0 aromatic heterocycles. The Kier molecular flexibility index (Phi) is 8.07. The van der Waals surface area contributed by atoms with Crippen molar-refractivity contribution >= 4 is 17.5 Å². The van der Waals surface area contributed by atoms with Gasteiger partial charge in [-0.1, -0.05) is 67.8 Å². The van der Waals surface area contributed by atoms with Gasteiger partial charge >= 0.3 is 0 Å². The van der Waals surface area contributed by atoms with Crippen LogP contribution in [0.1, 0.15) is 88.3 Å². The fourth-order valence-electron chi connectivity index (χ4n) is 6.05. The first-order chi connectivity index (χ1) is 19.6. The third-order valence-corrected chi connectivity index (χ3v) is 8.22. The highest BCUT2D eigenvalue weighted by Crippen LogP contribution is 2.39. The molecule has 3 aliphatic rings. The Morgan fingerprint density at radius 2 is 1.43 bits per heavy atom. The minimum absolute atomic E-state index is 0.000272. The average molecular weight is 541 g/mol. The van der Waals surface area contributed by atoms with Crippen molar-refractivity contribution in [1.29, 1.82) is 0 Å². The van der Waals surface area contributed by atoms with Crippen LogP contribution < -0.4 is 4.90 Å². The Morgan fingerprint density at radius 3 is 2.10 bits per heavy atom. The van der Waals surface area contributed by atoms with Gasteiger partial charge in [0.05, 0.1) is 35.6 Å². The number of amides is 2. The minimum Gasteiger partial charge on any atom is -0.392 e. The second kappa shape index (κ2) is 12.0. The molecule has 3 atom stereocenters. The third-order valence-electron chi connectivity index (χ3n) is 8.22. The van der Waals surface area contributed by atoms with Crippen LogP contribution in [0, 0.1) is 0 Å². The Labute approximate surface area is 235 Å². The van der Waals surface area contributed by atoms with Gasteiger partial charge < -0.3 is 19.5 Å². The molecule has 7 nitrogen and oxygen atoms in total. The highest BCUT2D eigenvalue weighted by atomic mass is 16.7. The normalized spacial score (nSPS) is 24.0. The predicted octanol–water partition coefficient (Wildman–Crippen LogP) is 5.79. The number of likely N-dealkylation sites (tertiary alicyclic amines) is 1. The molecule has 6 rings (SSSR count). The van der Waals surface area contributed by atoms with Gasteiger partial charge in [-0.2, -0.15) is 0 Å². The molecule has 1 N–H and O–H groups in total. The smallest absolute Gasteiger partial charge is 0.266 e. The van der Waals surface area contributed by atoms with Gasteiger partial charge in [0.1, 0.15) is 0 Å². The van der Waals surface area contributed by atoms with E-state index in [-0.39, 0.29) is 30.6 Å². The van der Waals surface area contributed by atoms with Crippen LogP contribution in [-0.4, -0.2) is 47.6 Å². The molecule has 3 heterocycles. The summed E-state index contributed by atoms with van der Waals surface area (Å²) in [7, 11) is 0. The van der Waals surface area contributed by atoms with Gasteiger partial charge in [-0.05, 0) is 61.3 Å². The molecule has 3 unspecified atom stereocenters. The number of aliphatic hydroxyl groups is 1. The number of hydrogen-bond donors (Lipinski definition) is 1. The van der Waals surface area contributed by atoms with Gasteiger partial charge in [0.15, 0.2) is 6.29 Å². The molecule has 3 aromatic rings. The summed E-state index contributed by atoms with van der Waals surface area (Å²) in [6, 6.07) is 22.2. The molecule has 2 fully saturated rings. The molecule has 40 heavy (non-hydrogen) atoms. The molecule has 0 spiro atoms. The van der Waals surface area contributed by atoms with E-state index in [4.69, 9.17) is 9.47 Å². The number of imide groups is 1. The largest absolute Gasteiger partial charge is 0.392 e. The lowest BCUT2D eigenvalue weighted by Crippen LogP contribution is -2.40. The van der Waals surface area contributed by atoms with Crippen molar-refractivity contribution in [3.05, 3.63) is 101 Å². The van der Waals surface area contributed by atoms with E-state index in [9.17, 15) is 14.7 Å². The maximum atomic E-state index is 13.1. The van der Waals surface area contributed by atoms with Crippen LogP contribution in [0.4, 0.5) is 5.69 Å². The van der Waals surface area contributed by atoms with Crippen LogP contribution in [0.15, 0.2) is 72.8 Å². The van der Waals surface area contributed by atoms with Gasteiger partial charge in [0, 0.05) is 18.5 Å². The van der Waals surface area contributed by atoms with Crippen LogP contribution in [0.25, 0.3) is 0 Å². The predicted molar refractivity (Wildman–Crippen MR) is 152 cm³/mol. The topological polar surface area (TPSA) is 79.3 Å². The summed E-state index contributed by atoms with van der Waals surface area (Å²) in [5, 5.41) is 9.50. The summed E-state index contributed by atoms with van der Waals surface area (Å²) in [6.45, 7) is 3.00. The summed E-state index contributed by atoms with van der Waals surface area (Å²) in [4.78, 5) is 30.0. The quantitative estimate of drug-likeness (QED) is 0.399. The Morgan fingerprint density at radius 1 is 0.750 bits per heavy atom. The highest BCUT2D eigenvalue weighted by Gasteiger charge is 2.38. The van der Waals surface area contributed by atoms with Gasteiger partial charge in [0.2, 0.25) is 0 Å². The molecule has 3 aliphatic heterocycles. The first-order valence-electron chi connectivity index (χ1n) is 14.4. The number of anilines is 1. The van der Waals surface area contributed by atoms with Crippen molar-refractivity contribution in [1.82, 2.24) is 4.90 Å². The number of fused-ring (bicyclic) bond motifs is 1. The molecule has 208 valence electrons. The monoisotopic (exact) mass is 540 g/mol. The Balaban J connectivity index is 1.26. The van der Waals surface area contributed by atoms with Crippen LogP contribution in [-0.2, 0) is 16.1 Å². The first kappa shape index (κ1) is 26.8. The SMILES string of the molecule is O=C1c2ccccc2C(=O)N1c1cccc(C2OC(CN3CCCCCCC3)CC(c3ccc(CO)cc3)O2)c1. The van der Waals surface area contributed by atoms with E-state index in [2.05, 4.69) is 4.90 Å². The number of benzene rings is 3. The molecular weight excluding hydrogens is 504 g/mol. The van der Waals surface area contributed by atoms with Gasteiger partial charge in [-0.3, -0.25) is 9.59 Å². The van der Waals surface area contributed by atoms with Gasteiger partial charge in [0.25, 0.3) is 11.8 Å². The molecular formula is C33H36N2O5. The zero-order chi connectivity index (χ0) is 27.5. The lowest BCUT2D eigenvalue weighted by atomic mass is 9.99. The van der Waals surface area contributed by atoms with Crippen molar-refractivity contribution in [2.75, 3.05) is 24.5 Å². The van der Waals surface area contributed by atoms with E-state index in [0.29, 0.717) is 16.8 Å². The number of carbonyl (C=O) groups is 2. The maximum absolute atomic E-state index is 13.1. The van der Waals surface area contributed by atoms with E-state index < -0.39 is 6.29 Å². The van der Waals surface area contributed by atoms with Crippen LogP contribution in [0.5, 0.6) is 0 Å².